The molecule has 2 unspecified atom stereocenters. The van der Waals surface area contributed by atoms with E-state index < -0.39 is 0 Å². The number of nitrogens with zero attached hydrogens (tertiary/aromatic N) is 4. The molecule has 0 radical (unpaired) electrons. The number of benzene rings is 1. The Kier molecular flexibility index (Phi) is 5.67. The summed E-state index contributed by atoms with van der Waals surface area (Å²) >= 11 is 0. The third-order valence-electron chi connectivity index (χ3n) is 6.01. The number of aromatic nitrogens is 2. The average molecular weight is 396 g/mol. The minimum Gasteiger partial charge on any atom is -0.480 e. The van der Waals surface area contributed by atoms with Crippen molar-refractivity contribution in [1.29, 1.82) is 0 Å². The Morgan fingerprint density at radius 3 is 2.52 bits per heavy atom. The Balaban J connectivity index is 1.41. The second kappa shape index (κ2) is 8.37. The predicted octanol–water partition coefficient (Wildman–Crippen LogP) is 2.48. The van der Waals surface area contributed by atoms with Crippen LogP contribution in [0, 0.1) is 0 Å². The lowest BCUT2D eigenvalue weighted by atomic mass is 9.96. The van der Waals surface area contributed by atoms with E-state index in [1.54, 1.807) is 11.1 Å². The highest BCUT2D eigenvalue weighted by atomic mass is 16.5. The molecular weight excluding hydrogens is 366 g/mol. The van der Waals surface area contributed by atoms with E-state index in [-0.39, 0.29) is 11.9 Å². The van der Waals surface area contributed by atoms with Crippen LogP contribution in [0.15, 0.2) is 36.5 Å². The molecule has 29 heavy (non-hydrogen) atoms. The van der Waals surface area contributed by atoms with Gasteiger partial charge in [0.1, 0.15) is 5.56 Å². The number of hydrogen-bond acceptors (Lipinski definition) is 6. The van der Waals surface area contributed by atoms with E-state index in [2.05, 4.69) is 50.5 Å². The number of ether oxygens (including phenoxy) is 1. The van der Waals surface area contributed by atoms with E-state index in [0.717, 1.165) is 19.4 Å². The van der Waals surface area contributed by atoms with Gasteiger partial charge in [-0.05, 0) is 31.2 Å². The summed E-state index contributed by atoms with van der Waals surface area (Å²) in [6, 6.07) is 11.9. The van der Waals surface area contributed by atoms with E-state index in [1.807, 2.05) is 14.1 Å². The predicted molar refractivity (Wildman–Crippen MR) is 112 cm³/mol. The van der Waals surface area contributed by atoms with Crippen LogP contribution in [0.2, 0.25) is 0 Å². The largest absolute Gasteiger partial charge is 0.480 e. The van der Waals surface area contributed by atoms with Gasteiger partial charge in [-0.25, -0.2) is 4.98 Å². The van der Waals surface area contributed by atoms with Crippen LogP contribution < -0.4 is 15.0 Å². The number of carbonyl (C=O) groups excluding carboxylic acids is 1. The second-order valence-electron chi connectivity index (χ2n) is 8.17. The Morgan fingerprint density at radius 1 is 1.21 bits per heavy atom. The second-order valence-corrected chi connectivity index (χ2v) is 8.17. The fourth-order valence-electron chi connectivity index (χ4n) is 4.59. The van der Waals surface area contributed by atoms with Gasteiger partial charge in [-0.2, -0.15) is 4.98 Å². The van der Waals surface area contributed by atoms with E-state index in [9.17, 15) is 4.79 Å². The standard InChI is InChI=1S/C22H29N5O2/c1-26(2)22-23-13-19(21(25-22)29-3)20(28)24-16-11-17-9-10-18(12-16)27(17)14-15-7-5-4-6-8-15/h4-8,13,16-18H,9-12,14H2,1-3H3,(H,24,28). The van der Waals surface area contributed by atoms with Gasteiger partial charge in [-0.15, -0.1) is 0 Å². The first-order valence-electron chi connectivity index (χ1n) is 10.2. The smallest absolute Gasteiger partial charge is 0.258 e. The van der Waals surface area contributed by atoms with Crippen LogP contribution in [0.4, 0.5) is 5.95 Å². The molecule has 2 bridgehead atoms. The first kappa shape index (κ1) is 19.6. The topological polar surface area (TPSA) is 70.6 Å². The van der Waals surface area contributed by atoms with Gasteiger partial charge in [-0.3, -0.25) is 9.69 Å². The van der Waals surface area contributed by atoms with Crippen molar-refractivity contribution in [3.63, 3.8) is 0 Å². The van der Waals surface area contributed by atoms with E-state index >= 15 is 0 Å². The molecule has 3 heterocycles. The van der Waals surface area contributed by atoms with Crippen LogP contribution in [0.25, 0.3) is 0 Å². The molecule has 2 fully saturated rings. The molecule has 1 N–H and O–H groups in total. The number of amides is 1. The molecular formula is C22H29N5O2. The Morgan fingerprint density at radius 2 is 1.90 bits per heavy atom. The summed E-state index contributed by atoms with van der Waals surface area (Å²) < 4.78 is 5.34. The molecule has 0 spiro atoms. The monoisotopic (exact) mass is 395 g/mol. The molecule has 2 aliphatic heterocycles. The number of methoxy groups -OCH3 is 1. The lowest BCUT2D eigenvalue weighted by molar-refractivity contribution is 0.0824. The third-order valence-corrected chi connectivity index (χ3v) is 6.01. The van der Waals surface area contributed by atoms with Gasteiger partial charge in [0.05, 0.1) is 7.11 Å². The Labute approximate surface area is 172 Å². The molecule has 7 heteroatoms. The fraction of sp³-hybridized carbons (Fsp3) is 0.500. The van der Waals surface area contributed by atoms with Gasteiger partial charge in [-0.1, -0.05) is 30.3 Å². The summed E-state index contributed by atoms with van der Waals surface area (Å²) in [7, 11) is 5.24. The first-order chi connectivity index (χ1) is 14.0. The molecule has 2 atom stereocenters. The van der Waals surface area contributed by atoms with Crippen molar-refractivity contribution in [2.24, 2.45) is 0 Å². The van der Waals surface area contributed by atoms with Gasteiger partial charge in [0.2, 0.25) is 11.8 Å². The lowest BCUT2D eigenvalue weighted by Gasteiger charge is -2.39. The van der Waals surface area contributed by atoms with Crippen molar-refractivity contribution < 1.29 is 9.53 Å². The van der Waals surface area contributed by atoms with E-state index in [4.69, 9.17) is 4.74 Å². The summed E-state index contributed by atoms with van der Waals surface area (Å²) in [5, 5.41) is 3.20. The highest BCUT2D eigenvalue weighted by Gasteiger charge is 2.41. The number of piperidine rings is 1. The quantitative estimate of drug-likeness (QED) is 0.810. The van der Waals surface area contributed by atoms with Crippen molar-refractivity contribution in [1.82, 2.24) is 20.2 Å². The van der Waals surface area contributed by atoms with Crippen molar-refractivity contribution in [3.8, 4) is 5.88 Å². The molecule has 7 nitrogen and oxygen atoms in total. The molecule has 4 rings (SSSR count). The van der Waals surface area contributed by atoms with Gasteiger partial charge in [0, 0.05) is 45.0 Å². The molecule has 2 aromatic rings. The van der Waals surface area contributed by atoms with E-state index in [1.165, 1.54) is 25.5 Å². The maximum absolute atomic E-state index is 12.9. The average Bonchev–Trinajstić information content (AvgIpc) is 2.96. The number of carbonyl (C=O) groups is 1. The zero-order chi connectivity index (χ0) is 20.4. The number of hydrogen-bond donors (Lipinski definition) is 1. The van der Waals surface area contributed by atoms with Crippen LogP contribution in [-0.2, 0) is 6.54 Å². The normalized spacial score (nSPS) is 23.6. The molecule has 1 aromatic heterocycles. The summed E-state index contributed by atoms with van der Waals surface area (Å²) in [4.78, 5) is 25.9. The third kappa shape index (κ3) is 4.19. The van der Waals surface area contributed by atoms with Crippen molar-refractivity contribution >= 4 is 11.9 Å². The number of anilines is 1. The fourth-order valence-corrected chi connectivity index (χ4v) is 4.59. The van der Waals surface area contributed by atoms with Crippen LogP contribution in [0.1, 0.15) is 41.6 Å². The summed E-state index contributed by atoms with van der Waals surface area (Å²) in [6.07, 6.45) is 5.92. The maximum atomic E-state index is 12.9. The SMILES string of the molecule is COc1nc(N(C)C)ncc1C(=O)NC1CC2CCC(C1)N2Cc1ccccc1. The minimum atomic E-state index is -0.159. The van der Waals surface area contributed by atoms with Crippen LogP contribution in [-0.4, -0.2) is 60.1 Å². The summed E-state index contributed by atoms with van der Waals surface area (Å²) in [5.74, 6) is 0.671. The Hall–Kier alpha value is -2.67. The maximum Gasteiger partial charge on any atom is 0.258 e. The van der Waals surface area contributed by atoms with Gasteiger partial charge in [0.25, 0.3) is 5.91 Å². The molecule has 1 amide bonds. The Bertz CT molecular complexity index is 844. The molecule has 0 saturated carbocycles. The van der Waals surface area contributed by atoms with Crippen LogP contribution >= 0.6 is 0 Å². The highest BCUT2D eigenvalue weighted by Crippen LogP contribution is 2.37. The summed E-state index contributed by atoms with van der Waals surface area (Å²) in [6.45, 7) is 0.991. The van der Waals surface area contributed by atoms with Crippen molar-refractivity contribution in [2.45, 2.75) is 50.4 Å². The number of rotatable bonds is 6. The van der Waals surface area contributed by atoms with Gasteiger partial charge >= 0.3 is 0 Å². The van der Waals surface area contributed by atoms with E-state index in [0.29, 0.717) is 29.5 Å². The molecule has 1 aromatic carbocycles. The minimum absolute atomic E-state index is 0.159. The van der Waals surface area contributed by atoms with Gasteiger partial charge < -0.3 is 15.0 Å². The molecule has 154 valence electrons. The molecule has 0 aliphatic carbocycles. The molecule has 2 saturated heterocycles. The lowest BCUT2D eigenvalue weighted by Crippen LogP contribution is -2.50. The zero-order valence-electron chi connectivity index (χ0n) is 17.3. The zero-order valence-corrected chi connectivity index (χ0v) is 17.3. The van der Waals surface area contributed by atoms with Crippen molar-refractivity contribution in [3.05, 3.63) is 47.7 Å². The van der Waals surface area contributed by atoms with Gasteiger partial charge in [0.15, 0.2) is 0 Å². The van der Waals surface area contributed by atoms with Crippen LogP contribution in [0.3, 0.4) is 0 Å². The van der Waals surface area contributed by atoms with Crippen molar-refractivity contribution in [2.75, 3.05) is 26.1 Å². The number of fused-ring (bicyclic) bond motifs is 2. The number of nitrogens with one attached hydrogen (secondary N) is 1. The highest BCUT2D eigenvalue weighted by molar-refractivity contribution is 5.96. The first-order valence-corrected chi connectivity index (χ1v) is 10.2. The molecule has 2 aliphatic rings. The van der Waals surface area contributed by atoms with Crippen LogP contribution in [0.5, 0.6) is 5.88 Å². The summed E-state index contributed by atoms with van der Waals surface area (Å²) in [5.41, 5.74) is 1.74.